The fourth-order valence-electron chi connectivity index (χ4n) is 1.87. The summed E-state index contributed by atoms with van der Waals surface area (Å²) in [5, 5.41) is 0. The molecule has 0 saturated carbocycles. The van der Waals surface area contributed by atoms with Gasteiger partial charge in [0, 0.05) is 15.5 Å². The molecular weight excluding hydrogens is 295 g/mol. The monoisotopic (exact) mass is 311 g/mol. The summed E-state index contributed by atoms with van der Waals surface area (Å²) in [6, 6.07) is 11.4. The average Bonchev–Trinajstić information content (AvgIpc) is 2.40. The maximum Gasteiger partial charge on any atom is 0.416 e. The molecule has 0 atom stereocenters. The van der Waals surface area contributed by atoms with E-state index in [9.17, 15) is 13.2 Å². The summed E-state index contributed by atoms with van der Waals surface area (Å²) in [5.74, 6) is 0.445. The lowest BCUT2D eigenvalue weighted by Crippen LogP contribution is -2.05. The van der Waals surface area contributed by atoms with Crippen molar-refractivity contribution in [2.24, 2.45) is 0 Å². The van der Waals surface area contributed by atoms with Gasteiger partial charge in [-0.15, -0.1) is 0 Å². The van der Waals surface area contributed by atoms with Crippen molar-refractivity contribution in [3.63, 3.8) is 0 Å². The van der Waals surface area contributed by atoms with E-state index in [4.69, 9.17) is 5.73 Å². The molecule has 0 amide bonds. The molecule has 5 heteroatoms. The van der Waals surface area contributed by atoms with Gasteiger partial charge in [0.25, 0.3) is 0 Å². The van der Waals surface area contributed by atoms with Gasteiger partial charge in [0.05, 0.1) is 5.56 Å². The molecule has 2 aromatic carbocycles. The van der Waals surface area contributed by atoms with Gasteiger partial charge >= 0.3 is 6.18 Å². The molecule has 0 radical (unpaired) electrons. The van der Waals surface area contributed by atoms with Gasteiger partial charge in [-0.05, 0) is 41.8 Å². The number of halogens is 3. The summed E-state index contributed by atoms with van der Waals surface area (Å²) in [6.07, 6.45) is -4.36. The van der Waals surface area contributed by atoms with Crippen molar-refractivity contribution in [2.75, 3.05) is 5.73 Å². The number of nitrogen functional groups attached to an aromatic ring is 1. The first-order valence-corrected chi connectivity index (χ1v) is 7.33. The molecule has 0 fully saturated rings. The lowest BCUT2D eigenvalue weighted by atomic mass is 10.0. The number of nitrogens with two attached hydrogens (primary N) is 1. The Labute approximate surface area is 126 Å². The zero-order valence-corrected chi connectivity index (χ0v) is 12.6. The number of benzene rings is 2. The van der Waals surface area contributed by atoms with E-state index in [0.29, 0.717) is 10.8 Å². The van der Waals surface area contributed by atoms with Crippen molar-refractivity contribution in [2.45, 2.75) is 35.7 Å². The van der Waals surface area contributed by atoms with Gasteiger partial charge in [-0.25, -0.2) is 0 Å². The van der Waals surface area contributed by atoms with E-state index in [1.165, 1.54) is 23.4 Å². The summed E-state index contributed by atoms with van der Waals surface area (Å²) in [6.45, 7) is 4.21. The van der Waals surface area contributed by atoms with E-state index < -0.39 is 11.7 Å². The van der Waals surface area contributed by atoms with Gasteiger partial charge in [0.15, 0.2) is 0 Å². The number of rotatable bonds is 3. The largest absolute Gasteiger partial charge is 0.416 e. The predicted molar refractivity (Wildman–Crippen MR) is 80.5 cm³/mol. The summed E-state index contributed by atoms with van der Waals surface area (Å²) in [7, 11) is 0. The highest BCUT2D eigenvalue weighted by Crippen LogP contribution is 2.37. The van der Waals surface area contributed by atoms with Gasteiger partial charge in [-0.2, -0.15) is 13.2 Å². The molecule has 0 heterocycles. The molecule has 0 aliphatic rings. The molecule has 112 valence electrons. The number of anilines is 1. The van der Waals surface area contributed by atoms with Crippen LogP contribution in [-0.2, 0) is 6.18 Å². The molecule has 0 aliphatic heterocycles. The van der Waals surface area contributed by atoms with Crippen molar-refractivity contribution in [3.05, 3.63) is 53.6 Å². The highest BCUT2D eigenvalue weighted by molar-refractivity contribution is 7.99. The van der Waals surface area contributed by atoms with Crippen LogP contribution in [0.25, 0.3) is 0 Å². The summed E-state index contributed by atoms with van der Waals surface area (Å²) in [5.41, 5.74) is 6.36. The second kappa shape index (κ2) is 6.02. The van der Waals surface area contributed by atoms with Crippen LogP contribution in [-0.4, -0.2) is 0 Å². The van der Waals surface area contributed by atoms with E-state index >= 15 is 0 Å². The molecule has 2 N–H and O–H groups in total. The fourth-order valence-corrected chi connectivity index (χ4v) is 2.70. The Balaban J connectivity index is 2.20. The first-order valence-electron chi connectivity index (χ1n) is 6.52. The van der Waals surface area contributed by atoms with E-state index in [1.807, 2.05) is 24.3 Å². The van der Waals surface area contributed by atoms with Gasteiger partial charge in [-0.1, -0.05) is 37.7 Å². The van der Waals surface area contributed by atoms with Crippen molar-refractivity contribution in [1.29, 1.82) is 0 Å². The van der Waals surface area contributed by atoms with E-state index in [0.717, 1.165) is 17.0 Å². The van der Waals surface area contributed by atoms with Crippen LogP contribution in [0.15, 0.2) is 52.3 Å². The maximum atomic E-state index is 12.6. The van der Waals surface area contributed by atoms with E-state index in [-0.39, 0.29) is 5.69 Å². The van der Waals surface area contributed by atoms with Gasteiger partial charge in [-0.3, -0.25) is 0 Å². The van der Waals surface area contributed by atoms with Gasteiger partial charge < -0.3 is 5.73 Å². The molecule has 0 saturated heterocycles. The van der Waals surface area contributed by atoms with Crippen LogP contribution in [0, 0.1) is 0 Å². The van der Waals surface area contributed by atoms with Crippen LogP contribution in [0.1, 0.15) is 30.9 Å². The Kier molecular flexibility index (Phi) is 4.52. The smallest absolute Gasteiger partial charge is 0.398 e. The molecule has 0 aromatic heterocycles. The third-order valence-electron chi connectivity index (χ3n) is 3.11. The van der Waals surface area contributed by atoms with E-state index in [2.05, 4.69) is 13.8 Å². The summed E-state index contributed by atoms with van der Waals surface area (Å²) in [4.78, 5) is 1.58. The molecule has 1 nitrogen and oxygen atoms in total. The highest BCUT2D eigenvalue weighted by Gasteiger charge is 2.30. The molecule has 2 aromatic rings. The van der Waals surface area contributed by atoms with Gasteiger partial charge in [0.2, 0.25) is 0 Å². The Bertz CT molecular complexity index is 618. The normalized spacial score (nSPS) is 11.9. The molecule has 2 rings (SSSR count). The number of hydrogen-bond donors (Lipinski definition) is 1. The topological polar surface area (TPSA) is 26.0 Å². The number of hydrogen-bond acceptors (Lipinski definition) is 2. The van der Waals surface area contributed by atoms with Crippen LogP contribution in [0.2, 0.25) is 0 Å². The first kappa shape index (κ1) is 15.8. The minimum atomic E-state index is -4.36. The lowest BCUT2D eigenvalue weighted by molar-refractivity contribution is -0.137. The minimum absolute atomic E-state index is 0.141. The third kappa shape index (κ3) is 3.94. The Morgan fingerprint density at radius 1 is 1.00 bits per heavy atom. The van der Waals surface area contributed by atoms with Crippen molar-refractivity contribution < 1.29 is 13.2 Å². The quantitative estimate of drug-likeness (QED) is 0.751. The predicted octanol–water partition coefficient (Wildman–Crippen LogP) is 5.56. The molecular formula is C16H16F3NS. The highest BCUT2D eigenvalue weighted by atomic mass is 32.2. The standard InChI is InChI=1S/C16H16F3NS/c1-10(2)11-3-6-13(7-4-11)21-15-8-5-12(9-14(15)20)16(17,18)19/h3-10H,20H2,1-2H3. The van der Waals surface area contributed by atoms with Crippen molar-refractivity contribution in [1.82, 2.24) is 0 Å². The Morgan fingerprint density at radius 2 is 1.62 bits per heavy atom. The Morgan fingerprint density at radius 3 is 2.10 bits per heavy atom. The lowest BCUT2D eigenvalue weighted by Gasteiger charge is -2.11. The van der Waals surface area contributed by atoms with Crippen LogP contribution in [0.4, 0.5) is 18.9 Å². The fraction of sp³-hybridized carbons (Fsp3) is 0.250. The van der Waals surface area contributed by atoms with Crippen LogP contribution >= 0.6 is 11.8 Å². The van der Waals surface area contributed by atoms with Crippen LogP contribution in [0.5, 0.6) is 0 Å². The average molecular weight is 311 g/mol. The maximum absolute atomic E-state index is 12.6. The second-order valence-electron chi connectivity index (χ2n) is 5.08. The summed E-state index contributed by atoms with van der Waals surface area (Å²) < 4.78 is 37.8. The molecule has 0 bridgehead atoms. The zero-order chi connectivity index (χ0) is 15.6. The van der Waals surface area contributed by atoms with Crippen LogP contribution < -0.4 is 5.73 Å². The molecule has 0 spiro atoms. The summed E-state index contributed by atoms with van der Waals surface area (Å²) >= 11 is 1.36. The molecule has 0 aliphatic carbocycles. The number of alkyl halides is 3. The molecule has 0 unspecified atom stereocenters. The third-order valence-corrected chi connectivity index (χ3v) is 4.21. The van der Waals surface area contributed by atoms with Crippen molar-refractivity contribution in [3.8, 4) is 0 Å². The van der Waals surface area contributed by atoms with Gasteiger partial charge in [0.1, 0.15) is 0 Å². The van der Waals surface area contributed by atoms with Crippen LogP contribution in [0.3, 0.4) is 0 Å². The SMILES string of the molecule is CC(C)c1ccc(Sc2ccc(C(F)(F)F)cc2N)cc1. The minimum Gasteiger partial charge on any atom is -0.398 e. The zero-order valence-electron chi connectivity index (χ0n) is 11.7. The Hall–Kier alpha value is -1.62. The molecule has 21 heavy (non-hydrogen) atoms. The first-order chi connectivity index (χ1) is 9.77. The second-order valence-corrected chi connectivity index (χ2v) is 6.19. The van der Waals surface area contributed by atoms with Crippen molar-refractivity contribution >= 4 is 17.4 Å². The van der Waals surface area contributed by atoms with E-state index in [1.54, 1.807) is 0 Å².